The van der Waals surface area contributed by atoms with Gasteiger partial charge >= 0.3 is 0 Å². The summed E-state index contributed by atoms with van der Waals surface area (Å²) in [7, 11) is 0. The second-order valence-corrected chi connectivity index (χ2v) is 4.58. The number of hydrogen-bond acceptors (Lipinski definition) is 0. The number of rotatable bonds is 2. The van der Waals surface area contributed by atoms with E-state index in [1.165, 1.54) is 12.1 Å². The molecule has 2 rings (SSSR count). The lowest BCUT2D eigenvalue weighted by Crippen LogP contribution is -1.90. The van der Waals surface area contributed by atoms with E-state index < -0.39 is 11.6 Å². The zero-order valence-corrected chi connectivity index (χ0v) is 11.0. The smallest absolute Gasteiger partial charge is 0.166 e. The van der Waals surface area contributed by atoms with E-state index >= 15 is 0 Å². The monoisotopic (exact) mass is 316 g/mol. The maximum Gasteiger partial charge on any atom is 0.166 e. The molecule has 17 heavy (non-hydrogen) atoms. The van der Waals surface area contributed by atoms with Crippen LogP contribution in [0.3, 0.4) is 0 Å². The van der Waals surface area contributed by atoms with Crippen molar-refractivity contribution in [1.29, 1.82) is 0 Å². The Labute approximate surface area is 111 Å². The summed E-state index contributed by atoms with van der Waals surface area (Å²) in [4.78, 5) is 0. The Kier molecular flexibility index (Phi) is 3.79. The van der Waals surface area contributed by atoms with Crippen molar-refractivity contribution in [2.75, 3.05) is 0 Å². The van der Waals surface area contributed by atoms with Crippen LogP contribution in [0.25, 0.3) is 11.1 Å². The van der Waals surface area contributed by atoms with Gasteiger partial charge in [0.05, 0.1) is 0 Å². The lowest BCUT2D eigenvalue weighted by Gasteiger charge is -2.07. The van der Waals surface area contributed by atoms with Gasteiger partial charge < -0.3 is 0 Å². The molecule has 0 radical (unpaired) electrons. The van der Waals surface area contributed by atoms with Crippen molar-refractivity contribution in [2.45, 2.75) is 5.33 Å². The van der Waals surface area contributed by atoms with Gasteiger partial charge in [0, 0.05) is 15.9 Å². The van der Waals surface area contributed by atoms with Crippen LogP contribution in [-0.2, 0) is 5.33 Å². The fraction of sp³-hybridized carbons (Fsp3) is 0.0769. The number of halogens is 4. The van der Waals surface area contributed by atoms with Gasteiger partial charge in [0.25, 0.3) is 0 Å². The van der Waals surface area contributed by atoms with Crippen LogP contribution in [-0.4, -0.2) is 0 Å². The molecule has 0 aliphatic carbocycles. The van der Waals surface area contributed by atoms with Gasteiger partial charge in [-0.2, -0.15) is 0 Å². The average molecular weight is 318 g/mol. The summed E-state index contributed by atoms with van der Waals surface area (Å²) in [5.41, 5.74) is 1.70. The summed E-state index contributed by atoms with van der Waals surface area (Å²) in [6.45, 7) is 0. The van der Waals surface area contributed by atoms with Gasteiger partial charge in [0.2, 0.25) is 0 Å². The van der Waals surface area contributed by atoms with Crippen molar-refractivity contribution < 1.29 is 8.78 Å². The summed E-state index contributed by atoms with van der Waals surface area (Å²) in [5.74, 6) is -1.71. The highest BCUT2D eigenvalue weighted by Crippen LogP contribution is 2.28. The van der Waals surface area contributed by atoms with Crippen LogP contribution in [0, 0.1) is 11.6 Å². The van der Waals surface area contributed by atoms with Gasteiger partial charge in [-0.05, 0) is 29.3 Å². The van der Waals surface area contributed by atoms with Gasteiger partial charge in [-0.1, -0.05) is 45.7 Å². The third kappa shape index (κ3) is 2.67. The van der Waals surface area contributed by atoms with Crippen LogP contribution in [0.5, 0.6) is 0 Å². The van der Waals surface area contributed by atoms with E-state index in [4.69, 9.17) is 11.6 Å². The first kappa shape index (κ1) is 12.5. The van der Waals surface area contributed by atoms with Gasteiger partial charge in [-0.3, -0.25) is 0 Å². The lowest BCUT2D eigenvalue weighted by atomic mass is 10.0. The Morgan fingerprint density at radius 3 is 2.59 bits per heavy atom. The van der Waals surface area contributed by atoms with E-state index in [0.717, 1.165) is 11.6 Å². The van der Waals surface area contributed by atoms with E-state index in [-0.39, 0.29) is 5.56 Å². The molecule has 0 spiro atoms. The Morgan fingerprint density at radius 2 is 1.88 bits per heavy atom. The summed E-state index contributed by atoms with van der Waals surface area (Å²) in [6.07, 6.45) is 0. The molecule has 2 aromatic carbocycles. The van der Waals surface area contributed by atoms with Crippen molar-refractivity contribution in [1.82, 2.24) is 0 Å². The van der Waals surface area contributed by atoms with Crippen molar-refractivity contribution in [2.24, 2.45) is 0 Å². The van der Waals surface area contributed by atoms with Crippen molar-refractivity contribution in [3.63, 3.8) is 0 Å². The van der Waals surface area contributed by atoms with Gasteiger partial charge in [0.15, 0.2) is 11.6 Å². The van der Waals surface area contributed by atoms with Gasteiger partial charge in [-0.15, -0.1) is 0 Å². The molecular weight excluding hydrogens is 309 g/mol. The van der Waals surface area contributed by atoms with Crippen LogP contribution in [0.4, 0.5) is 8.78 Å². The molecule has 0 amide bonds. The second kappa shape index (κ2) is 5.15. The van der Waals surface area contributed by atoms with Crippen molar-refractivity contribution in [3.8, 4) is 11.1 Å². The molecule has 0 saturated heterocycles. The van der Waals surface area contributed by atoms with Gasteiger partial charge in [0.1, 0.15) is 0 Å². The van der Waals surface area contributed by atoms with Crippen LogP contribution in [0.2, 0.25) is 5.02 Å². The van der Waals surface area contributed by atoms with Crippen LogP contribution in [0.1, 0.15) is 5.56 Å². The fourth-order valence-electron chi connectivity index (χ4n) is 1.61. The zero-order valence-electron chi connectivity index (χ0n) is 8.68. The standard InChI is InChI=1S/C13H8BrClF2/c14-7-8-4-9(6-10(15)5-8)11-2-1-3-12(16)13(11)17/h1-6H,7H2. The predicted octanol–water partition coefficient (Wildman–Crippen LogP) is 5.18. The van der Waals surface area contributed by atoms with E-state index in [1.807, 2.05) is 0 Å². The molecule has 4 heteroatoms. The molecule has 0 aromatic heterocycles. The molecule has 0 aliphatic rings. The molecule has 0 atom stereocenters. The molecule has 88 valence electrons. The first-order valence-electron chi connectivity index (χ1n) is 4.91. The summed E-state index contributed by atoms with van der Waals surface area (Å²) >= 11 is 9.24. The first-order valence-corrected chi connectivity index (χ1v) is 6.41. The molecule has 0 unspecified atom stereocenters. The fourth-order valence-corrected chi connectivity index (χ4v) is 2.19. The Balaban J connectivity index is 2.60. The lowest BCUT2D eigenvalue weighted by molar-refractivity contribution is 0.511. The highest BCUT2D eigenvalue weighted by atomic mass is 79.9. The van der Waals surface area contributed by atoms with E-state index in [2.05, 4.69) is 15.9 Å². The Bertz CT molecular complexity index is 555. The Hall–Kier alpha value is -0.930. The molecule has 0 N–H and O–H groups in total. The highest BCUT2D eigenvalue weighted by molar-refractivity contribution is 9.08. The Morgan fingerprint density at radius 1 is 1.12 bits per heavy atom. The van der Waals surface area contributed by atoms with E-state index in [0.29, 0.717) is 15.9 Å². The zero-order chi connectivity index (χ0) is 12.4. The van der Waals surface area contributed by atoms with E-state index in [1.54, 1.807) is 18.2 Å². The van der Waals surface area contributed by atoms with Crippen molar-refractivity contribution >= 4 is 27.5 Å². The van der Waals surface area contributed by atoms with Crippen LogP contribution < -0.4 is 0 Å². The van der Waals surface area contributed by atoms with Crippen LogP contribution >= 0.6 is 27.5 Å². The minimum absolute atomic E-state index is 0.217. The molecule has 0 nitrogen and oxygen atoms in total. The van der Waals surface area contributed by atoms with E-state index in [9.17, 15) is 8.78 Å². The minimum atomic E-state index is -0.858. The molecule has 0 saturated carbocycles. The molecule has 0 aliphatic heterocycles. The topological polar surface area (TPSA) is 0 Å². The summed E-state index contributed by atoms with van der Waals surface area (Å²) < 4.78 is 26.8. The summed E-state index contributed by atoms with van der Waals surface area (Å²) in [6, 6.07) is 9.26. The largest absolute Gasteiger partial charge is 0.204 e. The van der Waals surface area contributed by atoms with Crippen LogP contribution in [0.15, 0.2) is 36.4 Å². The van der Waals surface area contributed by atoms with Gasteiger partial charge in [-0.25, -0.2) is 8.78 Å². The SMILES string of the molecule is Fc1cccc(-c2cc(Cl)cc(CBr)c2)c1F. The number of alkyl halides is 1. The molecule has 0 heterocycles. The quantitative estimate of drug-likeness (QED) is 0.669. The third-order valence-electron chi connectivity index (χ3n) is 2.37. The second-order valence-electron chi connectivity index (χ2n) is 3.58. The molecule has 2 aromatic rings. The third-order valence-corrected chi connectivity index (χ3v) is 3.24. The average Bonchev–Trinajstić information content (AvgIpc) is 2.31. The molecule has 0 fully saturated rings. The predicted molar refractivity (Wildman–Crippen MR) is 69.4 cm³/mol. The maximum absolute atomic E-state index is 13.6. The van der Waals surface area contributed by atoms with Crippen molar-refractivity contribution in [3.05, 3.63) is 58.6 Å². The first-order chi connectivity index (χ1) is 8.11. The summed E-state index contributed by atoms with van der Waals surface area (Å²) in [5, 5.41) is 1.11. The number of benzene rings is 2. The highest BCUT2D eigenvalue weighted by Gasteiger charge is 2.10. The maximum atomic E-state index is 13.6. The molecular formula is C13H8BrClF2. The normalized spacial score (nSPS) is 10.6. The number of hydrogen-bond donors (Lipinski definition) is 0. The minimum Gasteiger partial charge on any atom is -0.204 e. The molecule has 0 bridgehead atoms.